The molecule has 2 aromatic rings. The number of rotatable bonds is 4. The number of pyridine rings is 1. The first-order chi connectivity index (χ1) is 12.7. The van der Waals surface area contributed by atoms with Crippen LogP contribution in [0.15, 0.2) is 28.9 Å². The van der Waals surface area contributed by atoms with E-state index in [1.165, 1.54) is 12.8 Å². The standard InChI is InChI=1S/C19H25N5O2/c1-15-13-16(26-21-15)14-22-9-11-24(12-10-22)19(25)17-5-4-6-20-18(17)23-7-2-3-8-23/h4-6,13H,2-3,7-12,14H2,1H3. The molecule has 2 fully saturated rings. The maximum absolute atomic E-state index is 13.1. The van der Waals surface area contributed by atoms with Crippen LogP contribution in [0.4, 0.5) is 5.82 Å². The van der Waals surface area contributed by atoms with E-state index in [4.69, 9.17) is 4.52 Å². The Labute approximate surface area is 153 Å². The van der Waals surface area contributed by atoms with E-state index in [2.05, 4.69) is 19.9 Å². The zero-order valence-corrected chi connectivity index (χ0v) is 15.2. The van der Waals surface area contributed by atoms with Gasteiger partial charge < -0.3 is 14.3 Å². The Morgan fingerprint density at radius 1 is 1.15 bits per heavy atom. The minimum Gasteiger partial charge on any atom is -0.360 e. The molecule has 7 heteroatoms. The number of anilines is 1. The summed E-state index contributed by atoms with van der Waals surface area (Å²) in [5.41, 5.74) is 1.63. The van der Waals surface area contributed by atoms with Crippen molar-refractivity contribution in [3.8, 4) is 0 Å². The molecular formula is C19H25N5O2. The Hall–Kier alpha value is -2.41. The summed E-state index contributed by atoms with van der Waals surface area (Å²) in [7, 11) is 0. The average molecular weight is 355 g/mol. The molecule has 2 aliphatic heterocycles. The third-order valence-corrected chi connectivity index (χ3v) is 5.14. The second-order valence-corrected chi connectivity index (χ2v) is 7.07. The number of hydrogen-bond donors (Lipinski definition) is 0. The molecule has 2 saturated heterocycles. The second kappa shape index (κ2) is 7.45. The highest BCUT2D eigenvalue weighted by molar-refractivity contribution is 5.99. The number of hydrogen-bond acceptors (Lipinski definition) is 6. The second-order valence-electron chi connectivity index (χ2n) is 7.07. The van der Waals surface area contributed by atoms with Gasteiger partial charge in [0.15, 0.2) is 5.76 Å². The van der Waals surface area contributed by atoms with Crippen LogP contribution < -0.4 is 4.90 Å². The fourth-order valence-electron chi connectivity index (χ4n) is 3.74. The minimum absolute atomic E-state index is 0.0927. The van der Waals surface area contributed by atoms with Crippen LogP contribution in [0, 0.1) is 6.92 Å². The highest BCUT2D eigenvalue weighted by Crippen LogP contribution is 2.23. The largest absolute Gasteiger partial charge is 0.360 e. The molecule has 0 aromatic carbocycles. The monoisotopic (exact) mass is 355 g/mol. The van der Waals surface area contributed by atoms with E-state index in [-0.39, 0.29) is 5.91 Å². The molecule has 0 spiro atoms. The van der Waals surface area contributed by atoms with Crippen LogP contribution in [-0.2, 0) is 6.54 Å². The van der Waals surface area contributed by atoms with Gasteiger partial charge in [-0.05, 0) is 31.9 Å². The lowest BCUT2D eigenvalue weighted by molar-refractivity contribution is 0.0617. The number of aromatic nitrogens is 2. The molecule has 4 heterocycles. The molecule has 0 bridgehead atoms. The van der Waals surface area contributed by atoms with Gasteiger partial charge in [-0.2, -0.15) is 0 Å². The first kappa shape index (κ1) is 17.0. The van der Waals surface area contributed by atoms with E-state index in [1.807, 2.05) is 30.0 Å². The predicted octanol–water partition coefficient (Wildman–Crippen LogP) is 1.94. The van der Waals surface area contributed by atoms with E-state index in [0.717, 1.165) is 68.6 Å². The van der Waals surface area contributed by atoms with Gasteiger partial charge in [-0.3, -0.25) is 9.69 Å². The molecule has 4 rings (SSSR count). The molecule has 0 N–H and O–H groups in total. The molecule has 0 saturated carbocycles. The van der Waals surface area contributed by atoms with Crippen LogP contribution in [0.25, 0.3) is 0 Å². The lowest BCUT2D eigenvalue weighted by Crippen LogP contribution is -2.48. The summed E-state index contributed by atoms with van der Waals surface area (Å²) < 4.78 is 5.30. The van der Waals surface area contributed by atoms with Gasteiger partial charge in [0, 0.05) is 51.5 Å². The van der Waals surface area contributed by atoms with Crippen molar-refractivity contribution in [1.82, 2.24) is 19.9 Å². The first-order valence-electron chi connectivity index (χ1n) is 9.34. The van der Waals surface area contributed by atoms with Gasteiger partial charge >= 0.3 is 0 Å². The van der Waals surface area contributed by atoms with E-state index >= 15 is 0 Å². The van der Waals surface area contributed by atoms with Gasteiger partial charge in [-0.25, -0.2) is 4.98 Å². The van der Waals surface area contributed by atoms with Crippen LogP contribution >= 0.6 is 0 Å². The molecular weight excluding hydrogens is 330 g/mol. The summed E-state index contributed by atoms with van der Waals surface area (Å²) >= 11 is 0. The Balaban J connectivity index is 1.39. The fourth-order valence-corrected chi connectivity index (χ4v) is 3.74. The highest BCUT2D eigenvalue weighted by atomic mass is 16.5. The van der Waals surface area contributed by atoms with Crippen molar-refractivity contribution in [2.24, 2.45) is 0 Å². The Bertz CT molecular complexity index is 761. The van der Waals surface area contributed by atoms with Crippen LogP contribution in [0.2, 0.25) is 0 Å². The maximum atomic E-state index is 13.1. The number of amides is 1. The number of piperazine rings is 1. The van der Waals surface area contributed by atoms with Gasteiger partial charge in [0.05, 0.1) is 17.8 Å². The summed E-state index contributed by atoms with van der Waals surface area (Å²) in [4.78, 5) is 24.0. The molecule has 0 radical (unpaired) electrons. The molecule has 2 aromatic heterocycles. The van der Waals surface area contributed by atoms with Crippen molar-refractivity contribution < 1.29 is 9.32 Å². The quantitative estimate of drug-likeness (QED) is 0.835. The van der Waals surface area contributed by atoms with E-state index < -0.39 is 0 Å². The molecule has 7 nitrogen and oxygen atoms in total. The lowest BCUT2D eigenvalue weighted by Gasteiger charge is -2.34. The van der Waals surface area contributed by atoms with Gasteiger partial charge in [-0.15, -0.1) is 0 Å². The lowest BCUT2D eigenvalue weighted by atomic mass is 10.2. The maximum Gasteiger partial charge on any atom is 0.257 e. The van der Waals surface area contributed by atoms with Crippen molar-refractivity contribution in [1.29, 1.82) is 0 Å². The van der Waals surface area contributed by atoms with Gasteiger partial charge in [0.2, 0.25) is 0 Å². The van der Waals surface area contributed by atoms with Crippen molar-refractivity contribution in [2.45, 2.75) is 26.3 Å². The number of aryl methyl sites for hydroxylation is 1. The van der Waals surface area contributed by atoms with Gasteiger partial charge in [0.1, 0.15) is 5.82 Å². The van der Waals surface area contributed by atoms with Gasteiger partial charge in [-0.1, -0.05) is 5.16 Å². The van der Waals surface area contributed by atoms with Crippen molar-refractivity contribution >= 4 is 11.7 Å². The average Bonchev–Trinajstić information content (AvgIpc) is 3.34. The summed E-state index contributed by atoms with van der Waals surface area (Å²) in [6.45, 7) is 7.77. The first-order valence-corrected chi connectivity index (χ1v) is 9.34. The molecule has 138 valence electrons. The molecule has 0 aliphatic carbocycles. The number of carbonyl (C=O) groups is 1. The molecule has 0 unspecified atom stereocenters. The molecule has 0 atom stereocenters. The van der Waals surface area contributed by atoms with E-state index in [0.29, 0.717) is 0 Å². The third kappa shape index (κ3) is 3.58. The predicted molar refractivity (Wildman–Crippen MR) is 98.1 cm³/mol. The Morgan fingerprint density at radius 3 is 2.62 bits per heavy atom. The van der Waals surface area contributed by atoms with E-state index in [9.17, 15) is 4.79 Å². The molecule has 1 amide bonds. The van der Waals surface area contributed by atoms with E-state index in [1.54, 1.807) is 6.20 Å². The normalized spacial score (nSPS) is 18.5. The third-order valence-electron chi connectivity index (χ3n) is 5.14. The van der Waals surface area contributed by atoms with Crippen molar-refractivity contribution in [2.75, 3.05) is 44.2 Å². The topological polar surface area (TPSA) is 65.7 Å². The highest BCUT2D eigenvalue weighted by Gasteiger charge is 2.27. The van der Waals surface area contributed by atoms with Crippen LogP contribution in [-0.4, -0.2) is 65.1 Å². The molecule has 2 aliphatic rings. The summed E-state index contributed by atoms with van der Waals surface area (Å²) in [5, 5.41) is 3.93. The van der Waals surface area contributed by atoms with Crippen LogP contribution in [0.1, 0.15) is 34.7 Å². The Morgan fingerprint density at radius 2 is 1.92 bits per heavy atom. The van der Waals surface area contributed by atoms with Gasteiger partial charge in [0.25, 0.3) is 5.91 Å². The fraction of sp³-hybridized carbons (Fsp3) is 0.526. The zero-order valence-electron chi connectivity index (χ0n) is 15.2. The smallest absolute Gasteiger partial charge is 0.257 e. The van der Waals surface area contributed by atoms with Crippen LogP contribution in [0.3, 0.4) is 0 Å². The Kier molecular flexibility index (Phi) is 4.88. The zero-order chi connectivity index (χ0) is 17.9. The SMILES string of the molecule is Cc1cc(CN2CCN(C(=O)c3cccnc3N3CCCC3)CC2)on1. The number of carbonyl (C=O) groups excluding carboxylic acids is 1. The summed E-state index contributed by atoms with van der Waals surface area (Å²) in [5.74, 6) is 1.82. The molecule has 26 heavy (non-hydrogen) atoms. The summed E-state index contributed by atoms with van der Waals surface area (Å²) in [6.07, 6.45) is 4.12. The van der Waals surface area contributed by atoms with Crippen molar-refractivity contribution in [3.63, 3.8) is 0 Å². The van der Waals surface area contributed by atoms with Crippen molar-refractivity contribution in [3.05, 3.63) is 41.4 Å². The number of nitrogens with zero attached hydrogens (tertiary/aromatic N) is 5. The van der Waals surface area contributed by atoms with Crippen LogP contribution in [0.5, 0.6) is 0 Å². The minimum atomic E-state index is 0.0927. The summed E-state index contributed by atoms with van der Waals surface area (Å²) in [6, 6.07) is 5.73.